The van der Waals surface area contributed by atoms with Gasteiger partial charge < -0.3 is 37.8 Å². The Morgan fingerprint density at radius 1 is 1.08 bits per heavy atom. The van der Waals surface area contributed by atoms with Gasteiger partial charge in [-0.15, -0.1) is 0 Å². The second kappa shape index (κ2) is 5.69. The molecule has 5 nitrogen and oxygen atoms in total. The minimum atomic E-state index is -1.35. The summed E-state index contributed by atoms with van der Waals surface area (Å²) in [5.74, 6) is 0. The molecule has 7 heteroatoms. The van der Waals surface area contributed by atoms with E-state index in [0.29, 0.717) is 0 Å². The van der Waals surface area contributed by atoms with E-state index < -0.39 is 36.5 Å². The quantitative estimate of drug-likeness (QED) is 0.288. The summed E-state index contributed by atoms with van der Waals surface area (Å²) >= 11 is 4.63. The third-order valence-electron chi connectivity index (χ3n) is 1.85. The van der Waals surface area contributed by atoms with Crippen LogP contribution in [0.25, 0.3) is 0 Å². The topological polar surface area (TPSA) is 90.2 Å². The first-order valence-corrected chi connectivity index (χ1v) is 4.01. The van der Waals surface area contributed by atoms with Crippen LogP contribution < -0.4 is 0 Å². The maximum atomic E-state index is 9.18. The first kappa shape index (κ1) is 13.9. The molecular formula is C6H11AuO5S. The van der Waals surface area contributed by atoms with Gasteiger partial charge in [-0.2, -0.15) is 0 Å². The van der Waals surface area contributed by atoms with Crippen molar-refractivity contribution in [2.75, 3.05) is 6.61 Å². The fourth-order valence-corrected chi connectivity index (χ4v) is 1.37. The van der Waals surface area contributed by atoms with Gasteiger partial charge in [0.15, 0.2) is 0 Å². The predicted molar refractivity (Wildman–Crippen MR) is 41.1 cm³/mol. The zero-order valence-corrected chi connectivity index (χ0v) is 9.48. The first-order valence-electron chi connectivity index (χ1n) is 3.54. The van der Waals surface area contributed by atoms with E-state index in [-0.39, 0.29) is 22.4 Å². The average molecular weight is 392 g/mol. The van der Waals surface area contributed by atoms with E-state index in [2.05, 4.69) is 12.6 Å². The van der Waals surface area contributed by atoms with Gasteiger partial charge in [-0.3, -0.25) is 0 Å². The van der Waals surface area contributed by atoms with Crippen molar-refractivity contribution in [2.24, 2.45) is 0 Å². The molecule has 82 valence electrons. The maximum absolute atomic E-state index is 9.18. The van der Waals surface area contributed by atoms with Crippen LogP contribution in [0.1, 0.15) is 0 Å². The molecule has 1 rings (SSSR count). The summed E-state index contributed by atoms with van der Waals surface area (Å²) in [6, 6.07) is 0. The van der Waals surface area contributed by atoms with Gasteiger partial charge >= 0.3 is 22.4 Å². The van der Waals surface area contributed by atoms with Crippen molar-refractivity contribution >= 4 is 12.6 Å². The molecule has 0 amide bonds. The van der Waals surface area contributed by atoms with Gasteiger partial charge in [0.05, 0.1) is 12.7 Å². The Bertz CT molecular complexity index is 155. The van der Waals surface area contributed by atoms with Crippen LogP contribution in [0.3, 0.4) is 0 Å². The van der Waals surface area contributed by atoms with Gasteiger partial charge in [-0.1, -0.05) is 0 Å². The summed E-state index contributed by atoms with van der Waals surface area (Å²) in [6.07, 6.45) is -4.83. The standard InChI is InChI=1S/C6H12O5S.Au/c7-1-2-3(8)4(9)5(10)6(12)11-2;/h2-10,12H,1H2;/q;+1/p-1/t2?,3-,4+,5-,6-;/m1./s1. The van der Waals surface area contributed by atoms with Crippen molar-refractivity contribution in [2.45, 2.75) is 29.9 Å². The SMILES string of the molecule is OCC1O[C@H]([S-])[C@H](O)[C@@H](O)[C@@H]1O.[Au+]. The monoisotopic (exact) mass is 392 g/mol. The molecule has 0 radical (unpaired) electrons. The normalized spacial score (nSPS) is 45.5. The zero-order valence-electron chi connectivity index (χ0n) is 6.50. The zero-order chi connectivity index (χ0) is 9.30. The van der Waals surface area contributed by atoms with Gasteiger partial charge in [-0.05, 0) is 5.44 Å². The fourth-order valence-electron chi connectivity index (χ4n) is 1.07. The van der Waals surface area contributed by atoms with Crippen LogP contribution in [0.15, 0.2) is 0 Å². The Kier molecular flexibility index (Phi) is 6.08. The number of hydrogen-bond donors (Lipinski definition) is 4. The van der Waals surface area contributed by atoms with Crippen LogP contribution in [-0.4, -0.2) is 56.9 Å². The summed E-state index contributed by atoms with van der Waals surface area (Å²) in [4.78, 5) is 0. The smallest absolute Gasteiger partial charge is 0.759 e. The van der Waals surface area contributed by atoms with Gasteiger partial charge in [0, 0.05) is 0 Å². The Labute approximate surface area is 96.6 Å². The van der Waals surface area contributed by atoms with Crippen molar-refractivity contribution in [1.29, 1.82) is 0 Å². The molecule has 0 aromatic rings. The molecule has 1 saturated heterocycles. The van der Waals surface area contributed by atoms with E-state index in [1.165, 1.54) is 0 Å². The minimum absolute atomic E-state index is 0. The summed E-state index contributed by atoms with van der Waals surface area (Å²) < 4.78 is 4.84. The molecule has 1 unspecified atom stereocenters. The number of aliphatic hydroxyl groups is 4. The van der Waals surface area contributed by atoms with Gasteiger partial charge in [-0.25, -0.2) is 0 Å². The first-order chi connectivity index (χ1) is 5.57. The fraction of sp³-hybridized carbons (Fsp3) is 1.00. The Hall–Kier alpha value is 0.890. The Morgan fingerprint density at radius 2 is 1.62 bits per heavy atom. The van der Waals surface area contributed by atoms with E-state index in [0.717, 1.165) is 0 Å². The van der Waals surface area contributed by atoms with Crippen LogP contribution in [0.2, 0.25) is 0 Å². The molecule has 13 heavy (non-hydrogen) atoms. The molecule has 4 N–H and O–H groups in total. The van der Waals surface area contributed by atoms with E-state index in [1.807, 2.05) is 0 Å². The molecule has 1 fully saturated rings. The molecular weight excluding hydrogens is 381 g/mol. The van der Waals surface area contributed by atoms with E-state index in [4.69, 9.17) is 20.1 Å². The molecule has 0 spiro atoms. The molecule has 5 atom stereocenters. The number of rotatable bonds is 1. The third-order valence-corrected chi connectivity index (χ3v) is 2.24. The third kappa shape index (κ3) is 2.92. The van der Waals surface area contributed by atoms with Crippen LogP contribution in [0.4, 0.5) is 0 Å². The molecule has 0 bridgehead atoms. The van der Waals surface area contributed by atoms with Crippen molar-refractivity contribution in [3.63, 3.8) is 0 Å². The van der Waals surface area contributed by atoms with E-state index in [9.17, 15) is 5.11 Å². The van der Waals surface area contributed by atoms with Crippen LogP contribution in [0, 0.1) is 0 Å². The van der Waals surface area contributed by atoms with Crippen LogP contribution in [-0.2, 0) is 39.7 Å². The summed E-state index contributed by atoms with van der Waals surface area (Å²) in [5, 5.41) is 36.1. The molecule has 0 aromatic carbocycles. The molecule has 1 heterocycles. The summed E-state index contributed by atoms with van der Waals surface area (Å²) in [7, 11) is 0. The van der Waals surface area contributed by atoms with Gasteiger partial charge in [0.25, 0.3) is 0 Å². The van der Waals surface area contributed by atoms with Crippen molar-refractivity contribution in [3.05, 3.63) is 0 Å². The van der Waals surface area contributed by atoms with Crippen LogP contribution in [0.5, 0.6) is 0 Å². The summed E-state index contributed by atoms with van der Waals surface area (Å²) in [5.41, 5.74) is -0.986. The number of aliphatic hydroxyl groups excluding tert-OH is 4. The molecule has 0 saturated carbocycles. The number of ether oxygens (including phenoxy) is 1. The van der Waals surface area contributed by atoms with Crippen molar-refractivity contribution in [3.8, 4) is 0 Å². The van der Waals surface area contributed by atoms with E-state index in [1.54, 1.807) is 0 Å². The second-order valence-corrected chi connectivity index (χ2v) is 3.16. The minimum Gasteiger partial charge on any atom is -0.759 e. The van der Waals surface area contributed by atoms with Crippen molar-refractivity contribution < 1.29 is 47.5 Å². The van der Waals surface area contributed by atoms with E-state index >= 15 is 0 Å². The maximum Gasteiger partial charge on any atom is 1.00 e. The largest absolute Gasteiger partial charge is 1.00 e. The van der Waals surface area contributed by atoms with Crippen molar-refractivity contribution in [1.82, 2.24) is 0 Å². The molecule has 1 aliphatic rings. The van der Waals surface area contributed by atoms with Gasteiger partial charge in [0.1, 0.15) is 18.3 Å². The second-order valence-electron chi connectivity index (χ2n) is 2.70. The molecule has 1 aliphatic heterocycles. The van der Waals surface area contributed by atoms with Gasteiger partial charge in [0.2, 0.25) is 0 Å². The molecule has 0 aromatic heterocycles. The number of hydrogen-bond acceptors (Lipinski definition) is 6. The predicted octanol–water partition coefficient (Wildman–Crippen LogP) is -2.67. The molecule has 0 aliphatic carbocycles. The summed E-state index contributed by atoms with van der Waals surface area (Å²) in [6.45, 7) is -0.432. The average Bonchev–Trinajstić information content (AvgIpc) is 2.08. The Morgan fingerprint density at radius 3 is 2.08 bits per heavy atom. The van der Waals surface area contributed by atoms with Crippen LogP contribution >= 0.6 is 0 Å². The Balaban J connectivity index is 0.00000144.